The average molecular weight is 518 g/mol. The first-order valence-electron chi connectivity index (χ1n) is 10.9. The number of thiophene rings is 1. The molecular formula is C26H23N5OS3. The molecule has 0 atom stereocenters. The number of benzene rings is 2. The lowest BCUT2D eigenvalue weighted by atomic mass is 10.2. The molecule has 0 aliphatic rings. The maximum atomic E-state index is 13.4. The Bertz CT molecular complexity index is 1600. The minimum atomic E-state index is -0.162. The summed E-state index contributed by atoms with van der Waals surface area (Å²) in [6.07, 6.45) is 3.88. The Hall–Kier alpha value is -3.40. The number of hydrogen-bond donors (Lipinski definition) is 0. The Morgan fingerprint density at radius 1 is 0.971 bits per heavy atom. The summed E-state index contributed by atoms with van der Waals surface area (Å²) < 4.78 is 5.30. The summed E-state index contributed by atoms with van der Waals surface area (Å²) in [5.74, 6) is 0. The van der Waals surface area contributed by atoms with Gasteiger partial charge >= 0.3 is 0 Å². The van der Waals surface area contributed by atoms with E-state index in [2.05, 4.69) is 24.5 Å². The second kappa shape index (κ2) is 10.1. The van der Waals surface area contributed by atoms with Crippen molar-refractivity contribution in [3.8, 4) is 16.3 Å². The van der Waals surface area contributed by atoms with E-state index < -0.39 is 0 Å². The van der Waals surface area contributed by atoms with Gasteiger partial charge in [-0.15, -0.1) is 34.4 Å². The molecular weight excluding hydrogens is 495 g/mol. The molecule has 0 fully saturated rings. The number of hydrogen-bond acceptors (Lipinski definition) is 6. The van der Waals surface area contributed by atoms with Crippen molar-refractivity contribution in [3.63, 3.8) is 0 Å². The molecule has 9 heteroatoms. The number of rotatable bonds is 6. The number of thioether (sulfide) groups is 1. The first kappa shape index (κ1) is 23.3. The highest BCUT2D eigenvalue weighted by atomic mass is 32.2. The number of para-hydroxylation sites is 1. The zero-order chi connectivity index (χ0) is 24.4. The third kappa shape index (κ3) is 4.62. The van der Waals surface area contributed by atoms with Crippen LogP contribution in [0.1, 0.15) is 11.3 Å². The van der Waals surface area contributed by atoms with E-state index in [9.17, 15) is 4.79 Å². The van der Waals surface area contributed by atoms with Crippen molar-refractivity contribution in [1.29, 1.82) is 0 Å². The third-order valence-corrected chi connectivity index (χ3v) is 8.08. The lowest BCUT2D eigenvalue weighted by Gasteiger charge is -2.07. The summed E-state index contributed by atoms with van der Waals surface area (Å²) in [4.78, 5) is 21.2. The number of thiazole rings is 1. The lowest BCUT2D eigenvalue weighted by Crippen LogP contribution is -2.19. The van der Waals surface area contributed by atoms with Gasteiger partial charge in [0, 0.05) is 17.3 Å². The fourth-order valence-corrected chi connectivity index (χ4v) is 5.72. The van der Waals surface area contributed by atoms with Crippen molar-refractivity contribution in [1.82, 2.24) is 14.0 Å². The lowest BCUT2D eigenvalue weighted by molar-refractivity contribution is 0.630. The van der Waals surface area contributed by atoms with Crippen LogP contribution in [-0.2, 0) is 7.05 Å². The quantitative estimate of drug-likeness (QED) is 0.208. The minimum Gasteiger partial charge on any atom is -0.283 e. The molecule has 6 nitrogen and oxygen atoms in total. The Kier molecular flexibility index (Phi) is 6.72. The van der Waals surface area contributed by atoms with E-state index in [1.165, 1.54) is 16.2 Å². The van der Waals surface area contributed by atoms with Crippen LogP contribution in [0.4, 0.5) is 5.69 Å². The predicted octanol–water partition coefficient (Wildman–Crippen LogP) is 5.91. The molecule has 0 bridgehead atoms. The van der Waals surface area contributed by atoms with Crippen LogP contribution in [0.2, 0.25) is 0 Å². The molecule has 5 aromatic rings. The molecule has 5 rings (SSSR count). The van der Waals surface area contributed by atoms with Gasteiger partial charge in [-0.05, 0) is 54.5 Å². The molecule has 0 spiro atoms. The fraction of sp³-hybridized carbons (Fsp3) is 0.115. The van der Waals surface area contributed by atoms with Crippen LogP contribution in [0.15, 0.2) is 97.3 Å². The Labute approximate surface area is 215 Å². The van der Waals surface area contributed by atoms with Crippen LogP contribution in [0.25, 0.3) is 16.3 Å². The van der Waals surface area contributed by atoms with Crippen molar-refractivity contribution in [2.24, 2.45) is 17.1 Å². The van der Waals surface area contributed by atoms with E-state index in [1.54, 1.807) is 27.8 Å². The number of aromatic nitrogens is 3. The van der Waals surface area contributed by atoms with Crippen LogP contribution in [0.3, 0.4) is 0 Å². The van der Waals surface area contributed by atoms with E-state index in [-0.39, 0.29) is 5.56 Å². The van der Waals surface area contributed by atoms with Crippen molar-refractivity contribution in [2.75, 3.05) is 6.26 Å². The predicted molar refractivity (Wildman–Crippen MR) is 148 cm³/mol. The van der Waals surface area contributed by atoms with Crippen molar-refractivity contribution in [2.45, 2.75) is 11.8 Å². The Balaban J connectivity index is 1.65. The monoisotopic (exact) mass is 517 g/mol. The highest BCUT2D eigenvalue weighted by molar-refractivity contribution is 7.98. The van der Waals surface area contributed by atoms with E-state index in [4.69, 9.17) is 10.1 Å². The van der Waals surface area contributed by atoms with Crippen LogP contribution in [0.5, 0.6) is 0 Å². The van der Waals surface area contributed by atoms with Gasteiger partial charge in [-0.3, -0.25) is 9.48 Å². The Morgan fingerprint density at radius 2 is 1.74 bits per heavy atom. The third-order valence-electron chi connectivity index (χ3n) is 5.63. The van der Waals surface area contributed by atoms with Crippen LogP contribution < -0.4 is 10.4 Å². The summed E-state index contributed by atoms with van der Waals surface area (Å²) in [5.41, 5.74) is 3.77. The van der Waals surface area contributed by atoms with Crippen LogP contribution in [0, 0.1) is 6.92 Å². The second-order valence-corrected chi connectivity index (χ2v) is 10.4. The molecule has 35 heavy (non-hydrogen) atoms. The first-order valence-corrected chi connectivity index (χ1v) is 13.9. The van der Waals surface area contributed by atoms with Gasteiger partial charge < -0.3 is 0 Å². The van der Waals surface area contributed by atoms with Gasteiger partial charge in [-0.1, -0.05) is 36.4 Å². The molecule has 0 radical (unpaired) electrons. The molecule has 0 aliphatic heterocycles. The second-order valence-electron chi connectivity index (χ2n) is 7.73. The molecule has 3 aromatic heterocycles. The van der Waals surface area contributed by atoms with Gasteiger partial charge in [-0.25, -0.2) is 14.4 Å². The zero-order valence-corrected chi connectivity index (χ0v) is 21.9. The van der Waals surface area contributed by atoms with Gasteiger partial charge in [0.05, 0.1) is 28.2 Å². The standard InChI is InChI=1S/C26H23N5OS3/c1-18-24(25(32)31(29(18)2)20-8-5-4-6-9-20)28-26-30(22(17-35-26)23-10-7-15-34-23)27-16-19-11-13-21(33-3)14-12-19/h4-17H,1-3H3. The van der Waals surface area contributed by atoms with E-state index in [0.717, 1.165) is 27.5 Å². The molecule has 0 saturated carbocycles. The minimum absolute atomic E-state index is 0.162. The topological polar surface area (TPSA) is 56.6 Å². The summed E-state index contributed by atoms with van der Waals surface area (Å²) >= 11 is 4.82. The molecule has 0 N–H and O–H groups in total. The van der Waals surface area contributed by atoms with Crippen molar-refractivity contribution in [3.05, 3.63) is 104 Å². The van der Waals surface area contributed by atoms with Crippen molar-refractivity contribution >= 4 is 46.3 Å². The average Bonchev–Trinajstić information content (AvgIpc) is 3.60. The highest BCUT2D eigenvalue weighted by Crippen LogP contribution is 2.26. The largest absolute Gasteiger partial charge is 0.297 e. The van der Waals surface area contributed by atoms with Crippen LogP contribution >= 0.6 is 34.4 Å². The van der Waals surface area contributed by atoms with E-state index >= 15 is 0 Å². The van der Waals surface area contributed by atoms with Gasteiger partial charge in [0.2, 0.25) is 4.80 Å². The van der Waals surface area contributed by atoms with Crippen LogP contribution in [-0.4, -0.2) is 26.5 Å². The normalized spacial score (nSPS) is 12.1. The summed E-state index contributed by atoms with van der Waals surface area (Å²) in [7, 11) is 1.87. The molecule has 0 saturated heterocycles. The van der Waals surface area contributed by atoms with Gasteiger partial charge in [-0.2, -0.15) is 5.10 Å². The zero-order valence-electron chi connectivity index (χ0n) is 19.5. The maximum Gasteiger partial charge on any atom is 0.297 e. The number of nitrogens with zero attached hydrogens (tertiary/aromatic N) is 5. The SMILES string of the molecule is CSc1ccc(C=Nn2c(-c3cccs3)csc2=Nc2c(C)n(C)n(-c3ccccc3)c2=O)cc1. The summed E-state index contributed by atoms with van der Waals surface area (Å²) in [6.45, 7) is 1.91. The maximum absolute atomic E-state index is 13.4. The molecule has 0 amide bonds. The van der Waals surface area contributed by atoms with Gasteiger partial charge in [0.15, 0.2) is 5.69 Å². The molecule has 0 unspecified atom stereocenters. The molecule has 176 valence electrons. The van der Waals surface area contributed by atoms with E-state index in [0.29, 0.717) is 10.5 Å². The smallest absolute Gasteiger partial charge is 0.283 e. The van der Waals surface area contributed by atoms with Crippen molar-refractivity contribution < 1.29 is 0 Å². The van der Waals surface area contributed by atoms with Gasteiger partial charge in [0.25, 0.3) is 5.56 Å². The summed E-state index contributed by atoms with van der Waals surface area (Å²) in [5, 5.41) is 8.86. The molecule has 2 aromatic carbocycles. The molecule has 3 heterocycles. The molecule has 0 aliphatic carbocycles. The fourth-order valence-electron chi connectivity index (χ4n) is 3.68. The van der Waals surface area contributed by atoms with E-state index in [1.807, 2.05) is 88.8 Å². The van der Waals surface area contributed by atoms with Gasteiger partial charge in [0.1, 0.15) is 0 Å². The highest BCUT2D eigenvalue weighted by Gasteiger charge is 2.17. The summed E-state index contributed by atoms with van der Waals surface area (Å²) in [6, 6.07) is 21.9. The Morgan fingerprint density at radius 3 is 2.43 bits per heavy atom. The first-order chi connectivity index (χ1) is 17.1.